The lowest BCUT2D eigenvalue weighted by Gasteiger charge is -2.23. The maximum Gasteiger partial charge on any atom is 0.341 e. The van der Waals surface area contributed by atoms with Crippen molar-refractivity contribution in [1.82, 2.24) is 4.57 Å². The summed E-state index contributed by atoms with van der Waals surface area (Å²) < 4.78 is 16.7. The number of aliphatic hydroxyl groups excluding tert-OH is 1. The Morgan fingerprint density at radius 2 is 1.94 bits per heavy atom. The fourth-order valence-electron chi connectivity index (χ4n) is 4.45. The molecule has 9 nitrogen and oxygen atoms in total. The van der Waals surface area contributed by atoms with Crippen LogP contribution in [0.2, 0.25) is 5.02 Å². The number of aliphatic hydroxyl groups is 1. The first kappa shape index (κ1) is 23.5. The molecule has 3 aliphatic rings. The third-order valence-corrected chi connectivity index (χ3v) is 7.02. The van der Waals surface area contributed by atoms with Gasteiger partial charge in [0, 0.05) is 36.8 Å². The summed E-state index contributed by atoms with van der Waals surface area (Å²) >= 11 is 6.64. The van der Waals surface area contributed by atoms with E-state index in [9.17, 15) is 19.5 Å². The molecule has 2 aliphatic carbocycles. The number of pyridine rings is 1. The minimum Gasteiger partial charge on any atom is -0.479 e. The maximum atomic E-state index is 15.0. The van der Waals surface area contributed by atoms with E-state index in [-0.39, 0.29) is 39.2 Å². The SMILES string of the molecule is CC(O)C(=O)O.NC1CC12CCN(c1c(F)cc3c(=O)c(C(=O)O)cn(C4CC4)c3c1Cl)C2. The van der Waals surface area contributed by atoms with E-state index < -0.39 is 29.3 Å². The maximum absolute atomic E-state index is 15.0. The molecule has 3 fully saturated rings. The summed E-state index contributed by atoms with van der Waals surface area (Å²) in [4.78, 5) is 35.4. The predicted octanol–water partition coefficient (Wildman–Crippen LogP) is 2.21. The number of fused-ring (bicyclic) bond motifs is 1. The molecule has 33 heavy (non-hydrogen) atoms. The van der Waals surface area contributed by atoms with E-state index in [1.807, 2.05) is 4.90 Å². The molecule has 1 spiro atoms. The number of aromatic nitrogens is 1. The highest BCUT2D eigenvalue weighted by molar-refractivity contribution is 6.38. The fourth-order valence-corrected chi connectivity index (χ4v) is 4.86. The molecule has 1 aromatic heterocycles. The van der Waals surface area contributed by atoms with Crippen molar-refractivity contribution < 1.29 is 29.3 Å². The van der Waals surface area contributed by atoms with Gasteiger partial charge in [0.15, 0.2) is 0 Å². The number of carboxylic acids is 2. The average Bonchev–Trinajstić information content (AvgIpc) is 3.63. The Labute approximate surface area is 193 Å². The molecule has 178 valence electrons. The number of carbonyl (C=O) groups is 2. The van der Waals surface area contributed by atoms with Gasteiger partial charge in [-0.15, -0.1) is 0 Å². The van der Waals surface area contributed by atoms with E-state index in [4.69, 9.17) is 27.5 Å². The molecule has 2 heterocycles. The summed E-state index contributed by atoms with van der Waals surface area (Å²) in [5.74, 6) is -3.10. The molecular formula is C22H25ClFN3O6. The second kappa shape index (κ2) is 8.27. The Kier molecular flexibility index (Phi) is 5.88. The van der Waals surface area contributed by atoms with Crippen LogP contribution in [0.5, 0.6) is 0 Å². The van der Waals surface area contributed by atoms with Crippen LogP contribution < -0.4 is 16.1 Å². The van der Waals surface area contributed by atoms with Crippen molar-refractivity contribution in [2.45, 2.75) is 50.8 Å². The predicted molar refractivity (Wildman–Crippen MR) is 120 cm³/mol. The summed E-state index contributed by atoms with van der Waals surface area (Å²) in [7, 11) is 0. The van der Waals surface area contributed by atoms with Crippen LogP contribution >= 0.6 is 11.6 Å². The van der Waals surface area contributed by atoms with E-state index in [0.29, 0.717) is 18.6 Å². The van der Waals surface area contributed by atoms with Crippen LogP contribution in [0.1, 0.15) is 49.0 Å². The summed E-state index contributed by atoms with van der Waals surface area (Å²) in [5.41, 5.74) is 5.75. The van der Waals surface area contributed by atoms with Gasteiger partial charge < -0.3 is 30.5 Å². The molecule has 1 aliphatic heterocycles. The van der Waals surface area contributed by atoms with Crippen LogP contribution in [-0.4, -0.2) is 57.1 Å². The molecule has 1 aromatic carbocycles. The molecular weight excluding hydrogens is 457 g/mol. The van der Waals surface area contributed by atoms with Crippen molar-refractivity contribution in [3.8, 4) is 0 Å². The number of anilines is 1. The zero-order chi connectivity index (χ0) is 24.2. The summed E-state index contributed by atoms with van der Waals surface area (Å²) in [5, 5.41) is 25.3. The lowest BCUT2D eigenvalue weighted by molar-refractivity contribution is -0.145. The van der Waals surface area contributed by atoms with Crippen molar-refractivity contribution in [2.75, 3.05) is 18.0 Å². The minimum absolute atomic E-state index is 0.0186. The first-order valence-corrected chi connectivity index (χ1v) is 11.1. The molecule has 11 heteroatoms. The summed E-state index contributed by atoms with van der Waals surface area (Å²) in [6.45, 7) is 2.51. The van der Waals surface area contributed by atoms with Crippen molar-refractivity contribution >= 4 is 40.1 Å². The summed E-state index contributed by atoms with van der Waals surface area (Å²) in [6, 6.07) is 1.37. The van der Waals surface area contributed by atoms with E-state index in [1.54, 1.807) is 4.57 Å². The number of rotatable bonds is 4. The van der Waals surface area contributed by atoms with Crippen molar-refractivity contribution in [3.05, 3.63) is 38.9 Å². The van der Waals surface area contributed by atoms with Gasteiger partial charge in [0.2, 0.25) is 5.43 Å². The number of aliphatic carboxylic acids is 1. The summed E-state index contributed by atoms with van der Waals surface area (Å²) in [6.07, 6.45) is 3.70. The number of hydrogen-bond acceptors (Lipinski definition) is 6. The topological polar surface area (TPSA) is 146 Å². The normalized spacial score (nSPS) is 24.5. The highest BCUT2D eigenvalue weighted by atomic mass is 35.5. The molecule has 2 aromatic rings. The second-order valence-electron chi connectivity index (χ2n) is 9.09. The molecule has 5 rings (SSSR count). The molecule has 1 saturated heterocycles. The molecule has 5 N–H and O–H groups in total. The van der Waals surface area contributed by atoms with E-state index >= 15 is 4.39 Å². The van der Waals surface area contributed by atoms with Gasteiger partial charge in [0.05, 0.1) is 21.6 Å². The van der Waals surface area contributed by atoms with Gasteiger partial charge in [-0.05, 0) is 38.7 Å². The first-order chi connectivity index (χ1) is 15.5. The monoisotopic (exact) mass is 481 g/mol. The van der Waals surface area contributed by atoms with Gasteiger partial charge in [-0.1, -0.05) is 11.6 Å². The van der Waals surface area contributed by atoms with Crippen molar-refractivity contribution in [2.24, 2.45) is 11.1 Å². The van der Waals surface area contributed by atoms with Gasteiger partial charge in [0.25, 0.3) is 0 Å². The van der Waals surface area contributed by atoms with Crippen LogP contribution in [0.15, 0.2) is 17.1 Å². The molecule has 3 unspecified atom stereocenters. The van der Waals surface area contributed by atoms with Gasteiger partial charge in [-0.2, -0.15) is 0 Å². The van der Waals surface area contributed by atoms with E-state index in [0.717, 1.165) is 31.7 Å². The van der Waals surface area contributed by atoms with Crippen LogP contribution in [0, 0.1) is 11.2 Å². The average molecular weight is 482 g/mol. The highest BCUT2D eigenvalue weighted by Gasteiger charge is 2.56. The zero-order valence-corrected chi connectivity index (χ0v) is 18.7. The quantitative estimate of drug-likeness (QED) is 0.520. The van der Waals surface area contributed by atoms with Crippen LogP contribution in [0.3, 0.4) is 0 Å². The van der Waals surface area contributed by atoms with E-state index in [1.165, 1.54) is 13.1 Å². The van der Waals surface area contributed by atoms with E-state index in [2.05, 4.69) is 0 Å². The number of aromatic carboxylic acids is 1. The second-order valence-corrected chi connectivity index (χ2v) is 9.47. The van der Waals surface area contributed by atoms with Gasteiger partial charge in [-0.25, -0.2) is 14.0 Å². The Morgan fingerprint density at radius 3 is 2.39 bits per heavy atom. The number of carboxylic acid groups (broad SMARTS) is 2. The lowest BCUT2D eigenvalue weighted by atomic mass is 10.1. The van der Waals surface area contributed by atoms with Crippen LogP contribution in [-0.2, 0) is 4.79 Å². The van der Waals surface area contributed by atoms with Gasteiger partial charge in [0.1, 0.15) is 17.5 Å². The zero-order valence-electron chi connectivity index (χ0n) is 17.9. The standard InChI is InChI=1S/C19H19ClFN3O3.C3H6O3/c20-14-15-10(17(25)11(18(26)27)7-24(15)9-1-2-9)5-12(21)16(14)23-4-3-19(8-23)6-13(19)22;1-2(4)3(5)6/h5,7,9,13H,1-4,6,8,22H2,(H,26,27);2,4H,1H3,(H,5,6). The molecule has 0 amide bonds. The Hall–Kier alpha value is -2.69. The molecule has 0 bridgehead atoms. The number of benzene rings is 1. The van der Waals surface area contributed by atoms with Gasteiger partial charge >= 0.3 is 11.9 Å². The Morgan fingerprint density at radius 1 is 1.33 bits per heavy atom. The largest absolute Gasteiger partial charge is 0.479 e. The van der Waals surface area contributed by atoms with Crippen LogP contribution in [0.25, 0.3) is 10.9 Å². The highest BCUT2D eigenvalue weighted by Crippen LogP contribution is 2.53. The number of halogens is 2. The Balaban J connectivity index is 0.000000385. The smallest absolute Gasteiger partial charge is 0.341 e. The Bertz CT molecular complexity index is 1210. The van der Waals surface area contributed by atoms with Gasteiger partial charge in [-0.3, -0.25) is 4.79 Å². The molecule has 2 saturated carbocycles. The van der Waals surface area contributed by atoms with Crippen molar-refractivity contribution in [3.63, 3.8) is 0 Å². The molecule has 3 atom stereocenters. The number of hydrogen-bond donors (Lipinski definition) is 4. The minimum atomic E-state index is -1.32. The third kappa shape index (κ3) is 4.18. The van der Waals surface area contributed by atoms with Crippen LogP contribution in [0.4, 0.5) is 10.1 Å². The fraction of sp³-hybridized carbons (Fsp3) is 0.500. The first-order valence-electron chi connectivity index (χ1n) is 10.7. The lowest BCUT2D eigenvalue weighted by Crippen LogP contribution is -2.25. The molecule has 0 radical (unpaired) electrons. The number of nitrogens with two attached hydrogens (primary N) is 1. The third-order valence-electron chi connectivity index (χ3n) is 6.67. The van der Waals surface area contributed by atoms with Crippen molar-refractivity contribution in [1.29, 1.82) is 0 Å². The number of nitrogens with zero attached hydrogens (tertiary/aromatic N) is 2.